The molecule has 0 N–H and O–H groups in total. The van der Waals surface area contributed by atoms with Crippen LogP contribution in [0.5, 0.6) is 0 Å². The van der Waals surface area contributed by atoms with Crippen molar-refractivity contribution in [2.75, 3.05) is 12.4 Å². The lowest BCUT2D eigenvalue weighted by Gasteiger charge is -2.27. The van der Waals surface area contributed by atoms with Gasteiger partial charge >= 0.3 is 0 Å². The number of hydrogen-bond donors (Lipinski definition) is 0. The van der Waals surface area contributed by atoms with Crippen molar-refractivity contribution in [2.45, 2.75) is 24.8 Å². The highest BCUT2D eigenvalue weighted by Gasteiger charge is 2.23. The third kappa shape index (κ3) is 3.19. The third-order valence-corrected chi connectivity index (χ3v) is 5.38. The van der Waals surface area contributed by atoms with Gasteiger partial charge in [-0.1, -0.05) is 35.5 Å². The number of hydrogen-bond acceptors (Lipinski definition) is 5. The van der Waals surface area contributed by atoms with Gasteiger partial charge in [0.25, 0.3) is 0 Å². The molecule has 124 valence electrons. The molecule has 8 heteroatoms. The Hall–Kier alpha value is -1.83. The van der Waals surface area contributed by atoms with Crippen LogP contribution in [-0.4, -0.2) is 41.6 Å². The fourth-order valence-electron chi connectivity index (χ4n) is 2.79. The summed E-state index contributed by atoms with van der Waals surface area (Å²) in [7, 11) is 0. The van der Waals surface area contributed by atoms with Gasteiger partial charge in [-0.25, -0.2) is 4.98 Å². The number of aryl methyl sites for hydroxylation is 1. The van der Waals surface area contributed by atoms with E-state index in [1.807, 2.05) is 43.0 Å². The Labute approximate surface area is 149 Å². The summed E-state index contributed by atoms with van der Waals surface area (Å²) < 4.78 is 4.25. The quantitative estimate of drug-likeness (QED) is 0.699. The number of halogens is 1. The summed E-state index contributed by atoms with van der Waals surface area (Å²) in [5, 5.41) is 10.3. The van der Waals surface area contributed by atoms with Gasteiger partial charge in [0, 0.05) is 31.0 Å². The average molecular weight is 361 g/mol. The predicted molar refractivity (Wildman–Crippen MR) is 94.7 cm³/mol. The lowest BCUT2D eigenvalue weighted by Crippen LogP contribution is -2.32. The first-order valence-corrected chi connectivity index (χ1v) is 9.16. The van der Waals surface area contributed by atoms with Crippen molar-refractivity contribution in [3.8, 4) is 11.4 Å². The Morgan fingerprint density at radius 2 is 2.08 bits per heavy atom. The van der Waals surface area contributed by atoms with Crippen LogP contribution in [0.25, 0.3) is 11.4 Å². The lowest BCUT2D eigenvalue weighted by molar-refractivity contribution is 0.233. The minimum atomic E-state index is 0.704. The van der Waals surface area contributed by atoms with Gasteiger partial charge in [0.1, 0.15) is 0 Å². The highest BCUT2D eigenvalue weighted by atomic mass is 35.5. The summed E-state index contributed by atoms with van der Waals surface area (Å²) in [4.78, 5) is 6.48. The molecule has 0 saturated heterocycles. The van der Waals surface area contributed by atoms with Gasteiger partial charge in [-0.05, 0) is 18.6 Å². The van der Waals surface area contributed by atoms with E-state index in [0.717, 1.165) is 48.6 Å². The van der Waals surface area contributed by atoms with Crippen molar-refractivity contribution in [3.63, 3.8) is 0 Å². The summed E-state index contributed by atoms with van der Waals surface area (Å²) in [6.45, 7) is 2.79. The first-order chi connectivity index (χ1) is 11.8. The van der Waals surface area contributed by atoms with Crippen molar-refractivity contribution in [3.05, 3.63) is 48.0 Å². The van der Waals surface area contributed by atoms with E-state index < -0.39 is 0 Å². The summed E-state index contributed by atoms with van der Waals surface area (Å²) in [6.07, 6.45) is 6.75. The van der Waals surface area contributed by atoms with E-state index in [-0.39, 0.29) is 0 Å². The van der Waals surface area contributed by atoms with Gasteiger partial charge in [-0.15, -0.1) is 10.2 Å². The first-order valence-electron chi connectivity index (χ1n) is 7.80. The fourth-order valence-corrected chi connectivity index (χ4v) is 3.91. The second kappa shape index (κ2) is 6.96. The Bertz CT molecular complexity index is 816. The zero-order valence-electron chi connectivity index (χ0n) is 13.0. The minimum absolute atomic E-state index is 0.704. The number of nitrogens with zero attached hydrogens (tertiary/aromatic N) is 6. The van der Waals surface area contributed by atoms with Crippen molar-refractivity contribution in [2.24, 2.45) is 0 Å². The van der Waals surface area contributed by atoms with Crippen LogP contribution in [0.1, 0.15) is 6.42 Å². The molecule has 0 spiro atoms. The van der Waals surface area contributed by atoms with E-state index in [2.05, 4.69) is 29.2 Å². The predicted octanol–water partition coefficient (Wildman–Crippen LogP) is 3.21. The Morgan fingerprint density at radius 3 is 2.92 bits per heavy atom. The molecule has 0 bridgehead atoms. The van der Waals surface area contributed by atoms with Crippen LogP contribution in [0, 0.1) is 0 Å². The van der Waals surface area contributed by atoms with Crippen LogP contribution >= 0.6 is 23.4 Å². The lowest BCUT2D eigenvalue weighted by atomic mass is 10.2. The fraction of sp³-hybridized carbons (Fsp3) is 0.312. The van der Waals surface area contributed by atoms with Crippen LogP contribution in [-0.2, 0) is 13.2 Å². The molecular weight excluding hydrogens is 344 g/mol. The van der Waals surface area contributed by atoms with Crippen LogP contribution in [0.3, 0.4) is 0 Å². The SMILES string of the molecule is Clc1ccccc1-c1nnc2n1CN(CCCn1ccnc1)CS2. The zero-order valence-corrected chi connectivity index (χ0v) is 14.6. The van der Waals surface area contributed by atoms with Crippen LogP contribution in [0.15, 0.2) is 48.1 Å². The largest absolute Gasteiger partial charge is 0.337 e. The number of benzene rings is 1. The molecule has 6 nitrogen and oxygen atoms in total. The van der Waals surface area contributed by atoms with Crippen LogP contribution in [0.4, 0.5) is 0 Å². The number of imidazole rings is 1. The first kappa shape index (κ1) is 15.7. The molecule has 0 fully saturated rings. The van der Waals surface area contributed by atoms with E-state index >= 15 is 0 Å². The Morgan fingerprint density at radius 1 is 1.17 bits per heavy atom. The third-order valence-electron chi connectivity index (χ3n) is 4.00. The smallest absolute Gasteiger partial charge is 0.193 e. The maximum absolute atomic E-state index is 6.33. The molecule has 0 aliphatic carbocycles. The van der Waals surface area contributed by atoms with Gasteiger partial charge < -0.3 is 4.57 Å². The standard InChI is InChI=1S/C16H17ClN6S/c17-14-5-2-1-4-13(14)15-19-20-16-23(15)11-22(12-24-16)8-3-7-21-9-6-18-10-21/h1-2,4-6,9-10H,3,7-8,11-12H2. The van der Waals surface area contributed by atoms with E-state index in [9.17, 15) is 0 Å². The minimum Gasteiger partial charge on any atom is -0.337 e. The van der Waals surface area contributed by atoms with E-state index in [1.165, 1.54) is 0 Å². The maximum atomic E-state index is 6.33. The molecule has 4 rings (SSSR count). The molecular formula is C16H17ClN6S. The van der Waals surface area contributed by atoms with Crippen molar-refractivity contribution >= 4 is 23.4 Å². The zero-order chi connectivity index (χ0) is 16.4. The second-order valence-corrected chi connectivity index (χ2v) is 7.00. The Balaban J connectivity index is 1.46. The number of fused-ring (bicyclic) bond motifs is 1. The number of thioether (sulfide) groups is 1. The van der Waals surface area contributed by atoms with E-state index in [0.29, 0.717) is 5.02 Å². The summed E-state index contributed by atoms with van der Waals surface area (Å²) in [5.41, 5.74) is 0.929. The summed E-state index contributed by atoms with van der Waals surface area (Å²) >= 11 is 8.04. The molecule has 2 aromatic heterocycles. The van der Waals surface area contributed by atoms with Crippen molar-refractivity contribution in [1.82, 2.24) is 29.2 Å². The molecule has 1 aliphatic heterocycles. The highest BCUT2D eigenvalue weighted by molar-refractivity contribution is 7.99. The maximum Gasteiger partial charge on any atom is 0.193 e. The normalized spacial score (nSPS) is 14.7. The Kier molecular flexibility index (Phi) is 4.55. The van der Waals surface area contributed by atoms with Gasteiger partial charge in [-0.2, -0.15) is 0 Å². The molecule has 1 aliphatic rings. The summed E-state index contributed by atoms with van der Waals surface area (Å²) in [5.74, 6) is 1.77. The monoisotopic (exact) mass is 360 g/mol. The summed E-state index contributed by atoms with van der Waals surface area (Å²) in [6, 6.07) is 7.78. The van der Waals surface area contributed by atoms with Crippen molar-refractivity contribution < 1.29 is 0 Å². The molecule has 1 aromatic carbocycles. The molecule has 3 heterocycles. The van der Waals surface area contributed by atoms with Crippen molar-refractivity contribution in [1.29, 1.82) is 0 Å². The van der Waals surface area contributed by atoms with Gasteiger partial charge in [0.15, 0.2) is 11.0 Å². The van der Waals surface area contributed by atoms with Gasteiger partial charge in [0.05, 0.1) is 23.9 Å². The van der Waals surface area contributed by atoms with Crippen LogP contribution in [0.2, 0.25) is 5.02 Å². The average Bonchev–Trinajstić information content (AvgIpc) is 3.25. The van der Waals surface area contributed by atoms with E-state index in [4.69, 9.17) is 11.6 Å². The molecule has 0 amide bonds. The molecule has 0 atom stereocenters. The van der Waals surface area contributed by atoms with Gasteiger partial charge in [0.2, 0.25) is 0 Å². The molecule has 0 unspecified atom stereocenters. The van der Waals surface area contributed by atoms with Gasteiger partial charge in [-0.3, -0.25) is 9.47 Å². The molecule has 0 saturated carbocycles. The van der Waals surface area contributed by atoms with E-state index in [1.54, 1.807) is 11.8 Å². The number of aromatic nitrogens is 5. The number of rotatable bonds is 5. The second-order valence-electron chi connectivity index (χ2n) is 5.68. The highest BCUT2D eigenvalue weighted by Crippen LogP contribution is 2.32. The topological polar surface area (TPSA) is 51.8 Å². The molecule has 0 radical (unpaired) electrons. The van der Waals surface area contributed by atoms with Crippen LogP contribution < -0.4 is 0 Å². The molecule has 3 aromatic rings. The molecule has 24 heavy (non-hydrogen) atoms.